The lowest BCUT2D eigenvalue weighted by atomic mass is 10.2. The second kappa shape index (κ2) is 4.17. The van der Waals surface area contributed by atoms with Gasteiger partial charge in [0.05, 0.1) is 8.73 Å². The molecule has 0 aliphatic rings. The molecule has 3 N–H and O–H groups in total. The van der Waals surface area contributed by atoms with E-state index in [1.807, 2.05) is 0 Å². The van der Waals surface area contributed by atoms with Crippen LogP contribution in [0.25, 0.3) is 0 Å². The van der Waals surface area contributed by atoms with Gasteiger partial charge in [0.2, 0.25) is 0 Å². The molecular formula is C7H10N3O6P. The summed E-state index contributed by atoms with van der Waals surface area (Å²) in [5.41, 5.74) is 0. The SMILES string of the molecule is CC(C)(Pn1c([N+](=O)[O-])nc(O)c1O)C(=O)O. The number of carbonyl (C=O) groups is 1. The van der Waals surface area contributed by atoms with Crippen molar-refractivity contribution >= 4 is 20.6 Å². The normalized spacial score (nSPS) is 12.1. The molecule has 0 spiro atoms. The Morgan fingerprint density at radius 1 is 1.53 bits per heavy atom. The van der Waals surface area contributed by atoms with Crippen LogP contribution in [-0.2, 0) is 4.79 Å². The molecule has 0 radical (unpaired) electrons. The summed E-state index contributed by atoms with van der Waals surface area (Å²) in [6.45, 7) is 2.68. The van der Waals surface area contributed by atoms with Crippen LogP contribution in [0.1, 0.15) is 13.8 Å². The van der Waals surface area contributed by atoms with E-state index in [1.165, 1.54) is 13.8 Å². The maximum Gasteiger partial charge on any atom is 0.443 e. The highest BCUT2D eigenvalue weighted by molar-refractivity contribution is 7.39. The molecule has 10 heteroatoms. The molecule has 1 aromatic rings. The predicted molar refractivity (Wildman–Crippen MR) is 57.6 cm³/mol. The Morgan fingerprint density at radius 2 is 2.06 bits per heavy atom. The fourth-order valence-corrected chi connectivity index (χ4v) is 2.03. The van der Waals surface area contributed by atoms with Gasteiger partial charge in [0, 0.05) is 0 Å². The third-order valence-corrected chi connectivity index (χ3v) is 3.32. The smallest absolute Gasteiger partial charge is 0.443 e. The van der Waals surface area contributed by atoms with Crippen molar-refractivity contribution in [3.63, 3.8) is 0 Å². The fourth-order valence-electron chi connectivity index (χ4n) is 0.942. The van der Waals surface area contributed by atoms with Crippen LogP contribution in [0.3, 0.4) is 0 Å². The zero-order valence-corrected chi connectivity index (χ0v) is 9.91. The lowest BCUT2D eigenvalue weighted by molar-refractivity contribution is -0.394. The summed E-state index contributed by atoms with van der Waals surface area (Å²) < 4.78 is 0.670. The van der Waals surface area contributed by atoms with Crippen LogP contribution in [0, 0.1) is 10.1 Å². The van der Waals surface area contributed by atoms with E-state index in [9.17, 15) is 20.0 Å². The minimum atomic E-state index is -1.32. The Labute approximate surface area is 96.7 Å². The molecule has 1 heterocycles. The topological polar surface area (TPSA) is 139 Å². The first-order valence-electron chi connectivity index (χ1n) is 4.33. The third kappa shape index (κ3) is 2.44. The summed E-state index contributed by atoms with van der Waals surface area (Å²) in [7, 11) is -0.674. The Hall–Kier alpha value is -1.89. The monoisotopic (exact) mass is 263 g/mol. The van der Waals surface area contributed by atoms with Gasteiger partial charge >= 0.3 is 23.7 Å². The molecule has 9 nitrogen and oxygen atoms in total. The standard InChI is InChI=1S/C7H10N3O6P/c1-7(2,5(13)14)17-9-4(12)3(11)8-6(9)10(15)16/h11-12,17H,1-2H3,(H,13,14). The Balaban J connectivity index is 3.22. The first kappa shape index (κ1) is 13.2. The highest BCUT2D eigenvalue weighted by atomic mass is 31.1. The molecule has 0 saturated heterocycles. The Bertz CT molecular complexity index is 482. The van der Waals surface area contributed by atoms with Crippen LogP contribution in [0.15, 0.2) is 0 Å². The molecule has 1 atom stereocenters. The van der Waals surface area contributed by atoms with Gasteiger partial charge in [-0.15, -0.1) is 0 Å². The van der Waals surface area contributed by atoms with E-state index in [0.717, 1.165) is 0 Å². The number of nitrogens with zero attached hydrogens (tertiary/aromatic N) is 3. The fraction of sp³-hybridized carbons (Fsp3) is 0.429. The van der Waals surface area contributed by atoms with Gasteiger partial charge in [0.15, 0.2) is 0 Å². The molecule has 0 bridgehead atoms. The summed E-state index contributed by atoms with van der Waals surface area (Å²) in [5.74, 6) is -3.69. The van der Waals surface area contributed by atoms with Crippen molar-refractivity contribution in [2.75, 3.05) is 0 Å². The van der Waals surface area contributed by atoms with Crippen LogP contribution in [0.4, 0.5) is 5.95 Å². The van der Waals surface area contributed by atoms with E-state index in [4.69, 9.17) is 10.2 Å². The van der Waals surface area contributed by atoms with Crippen molar-refractivity contribution in [1.29, 1.82) is 0 Å². The zero-order chi connectivity index (χ0) is 13.4. The van der Waals surface area contributed by atoms with Gasteiger partial charge in [0.1, 0.15) is 5.16 Å². The van der Waals surface area contributed by atoms with Gasteiger partial charge in [-0.3, -0.25) is 4.79 Å². The van der Waals surface area contributed by atoms with Gasteiger partial charge in [-0.2, -0.15) is 4.34 Å². The van der Waals surface area contributed by atoms with Gasteiger partial charge in [0.25, 0.3) is 0 Å². The first-order valence-corrected chi connectivity index (χ1v) is 5.28. The number of carboxylic acid groups (broad SMARTS) is 1. The molecule has 1 unspecified atom stereocenters. The average molecular weight is 263 g/mol. The molecule has 0 aromatic carbocycles. The number of hydrogen-bond donors (Lipinski definition) is 3. The van der Waals surface area contributed by atoms with Crippen LogP contribution in [0.5, 0.6) is 11.8 Å². The molecule has 0 aliphatic heterocycles. The van der Waals surface area contributed by atoms with E-state index in [0.29, 0.717) is 4.34 Å². The van der Waals surface area contributed by atoms with Gasteiger partial charge < -0.3 is 25.4 Å². The second-order valence-corrected chi connectivity index (χ2v) is 5.61. The molecular weight excluding hydrogens is 253 g/mol. The number of hydrogen-bond acceptors (Lipinski definition) is 6. The molecule has 1 rings (SSSR count). The second-order valence-electron chi connectivity index (χ2n) is 3.69. The molecule has 0 amide bonds. The highest BCUT2D eigenvalue weighted by Crippen LogP contribution is 2.43. The van der Waals surface area contributed by atoms with Crippen molar-refractivity contribution < 1.29 is 25.0 Å². The quantitative estimate of drug-likeness (QED) is 0.408. The number of aromatic hydroxyl groups is 2. The van der Waals surface area contributed by atoms with Gasteiger partial charge in [-0.05, 0) is 23.8 Å². The van der Waals surface area contributed by atoms with Crippen LogP contribution >= 0.6 is 8.73 Å². The molecule has 17 heavy (non-hydrogen) atoms. The number of aliphatic carboxylic acids is 1. The zero-order valence-electron chi connectivity index (χ0n) is 8.91. The molecule has 0 saturated carbocycles. The van der Waals surface area contributed by atoms with E-state index in [-0.39, 0.29) is 0 Å². The summed E-state index contributed by atoms with van der Waals surface area (Å²) in [5, 5.41) is 36.6. The van der Waals surface area contributed by atoms with E-state index < -0.39 is 42.5 Å². The summed E-state index contributed by atoms with van der Waals surface area (Å²) >= 11 is 0. The lowest BCUT2D eigenvalue weighted by Gasteiger charge is -2.16. The lowest BCUT2D eigenvalue weighted by Crippen LogP contribution is -2.27. The number of carboxylic acids is 1. The number of imidazole rings is 1. The minimum Gasteiger partial charge on any atom is -0.480 e. The van der Waals surface area contributed by atoms with E-state index >= 15 is 0 Å². The maximum atomic E-state index is 10.9. The number of rotatable bonds is 4. The van der Waals surface area contributed by atoms with Crippen molar-refractivity contribution in [3.8, 4) is 11.8 Å². The first-order chi connectivity index (χ1) is 7.66. The van der Waals surface area contributed by atoms with Crippen LogP contribution in [0.2, 0.25) is 0 Å². The highest BCUT2D eigenvalue weighted by Gasteiger charge is 2.36. The minimum absolute atomic E-state index is 0.670. The maximum absolute atomic E-state index is 10.9. The third-order valence-electron chi connectivity index (χ3n) is 1.91. The Morgan fingerprint density at radius 3 is 2.47 bits per heavy atom. The summed E-state index contributed by atoms with van der Waals surface area (Å²) in [6.07, 6.45) is 0. The van der Waals surface area contributed by atoms with Gasteiger partial charge in [-0.1, -0.05) is 0 Å². The average Bonchev–Trinajstić information content (AvgIpc) is 2.45. The largest absolute Gasteiger partial charge is 0.480 e. The Kier molecular flexibility index (Phi) is 3.23. The van der Waals surface area contributed by atoms with Crippen molar-refractivity contribution in [2.24, 2.45) is 0 Å². The van der Waals surface area contributed by atoms with Crippen molar-refractivity contribution in [3.05, 3.63) is 10.1 Å². The van der Waals surface area contributed by atoms with Gasteiger partial charge in [-0.25, -0.2) is 0 Å². The van der Waals surface area contributed by atoms with E-state index in [2.05, 4.69) is 4.98 Å². The number of aromatic nitrogens is 2. The van der Waals surface area contributed by atoms with Crippen LogP contribution < -0.4 is 0 Å². The summed E-state index contributed by atoms with van der Waals surface area (Å²) in [4.78, 5) is 23.7. The molecule has 1 aromatic heterocycles. The summed E-state index contributed by atoms with van der Waals surface area (Å²) in [6, 6.07) is 0. The van der Waals surface area contributed by atoms with Crippen molar-refractivity contribution in [1.82, 2.24) is 9.32 Å². The van der Waals surface area contributed by atoms with E-state index in [1.54, 1.807) is 0 Å². The van der Waals surface area contributed by atoms with Crippen LogP contribution in [-0.4, -0.2) is 40.7 Å². The molecule has 0 fully saturated rings. The predicted octanol–water partition coefficient (Wildman–Crippen LogP) is 0.507. The molecule has 94 valence electrons. The molecule has 0 aliphatic carbocycles. The number of nitro groups is 1. The van der Waals surface area contributed by atoms with Crippen molar-refractivity contribution in [2.45, 2.75) is 19.0 Å².